The summed E-state index contributed by atoms with van der Waals surface area (Å²) in [5.74, 6) is 0. The molecule has 3 rings (SSSR count). The van der Waals surface area contributed by atoms with Crippen molar-refractivity contribution in [1.29, 1.82) is 0 Å². The van der Waals surface area contributed by atoms with Gasteiger partial charge in [-0.2, -0.15) is 0 Å². The average Bonchev–Trinajstić information content (AvgIpc) is 2.62. The highest BCUT2D eigenvalue weighted by atomic mass is 35.5. The minimum atomic E-state index is -0.524. The third kappa shape index (κ3) is 4.44. The lowest BCUT2D eigenvalue weighted by Gasteiger charge is -2.48. The first-order valence-corrected chi connectivity index (χ1v) is 9.03. The van der Waals surface area contributed by atoms with Gasteiger partial charge in [0.25, 0.3) is 0 Å². The Morgan fingerprint density at radius 1 is 0.840 bits per heavy atom. The summed E-state index contributed by atoms with van der Waals surface area (Å²) >= 11 is 0. The fourth-order valence-electron chi connectivity index (χ4n) is 4.14. The summed E-state index contributed by atoms with van der Waals surface area (Å²) in [7, 11) is 4.34. The molecule has 0 saturated heterocycles. The molecule has 1 fully saturated rings. The second-order valence-electron chi connectivity index (χ2n) is 7.50. The minimum Gasteiger partial charge on any atom is -0.390 e. The molecule has 0 aromatic heterocycles. The van der Waals surface area contributed by atoms with Gasteiger partial charge in [0.1, 0.15) is 0 Å². The van der Waals surface area contributed by atoms with Crippen LogP contribution in [0.1, 0.15) is 43.2 Å². The fraction of sp³-hybridized carbons (Fsp3) is 0.455. The van der Waals surface area contributed by atoms with Crippen LogP contribution in [0, 0.1) is 0 Å². The van der Waals surface area contributed by atoms with Crippen molar-refractivity contribution in [2.45, 2.75) is 49.7 Å². The maximum atomic E-state index is 11.1. The van der Waals surface area contributed by atoms with Crippen LogP contribution in [0.5, 0.6) is 0 Å². The first kappa shape index (κ1) is 20.0. The Morgan fingerprint density at radius 2 is 1.36 bits per heavy atom. The molecule has 2 aromatic carbocycles. The van der Waals surface area contributed by atoms with Crippen molar-refractivity contribution >= 4 is 12.4 Å². The second kappa shape index (κ2) is 8.35. The summed E-state index contributed by atoms with van der Waals surface area (Å²) in [5, 5.41) is 11.1. The SMILES string of the molecule is CN(C)C1(c2ccccc2)CCC(O)(CCc2ccccc2)CC1.Cl. The Hall–Kier alpha value is -1.35. The lowest BCUT2D eigenvalue weighted by Crippen LogP contribution is -2.49. The summed E-state index contributed by atoms with van der Waals surface area (Å²) in [4.78, 5) is 2.35. The molecule has 0 bridgehead atoms. The van der Waals surface area contributed by atoms with Crippen molar-refractivity contribution < 1.29 is 5.11 Å². The molecule has 0 amide bonds. The van der Waals surface area contributed by atoms with Crippen LogP contribution in [0.15, 0.2) is 60.7 Å². The number of hydrogen-bond acceptors (Lipinski definition) is 2. The number of nitrogens with zero attached hydrogens (tertiary/aromatic N) is 1. The van der Waals surface area contributed by atoms with Gasteiger partial charge in [-0.15, -0.1) is 12.4 Å². The lowest BCUT2D eigenvalue weighted by atomic mass is 9.68. The average molecular weight is 360 g/mol. The van der Waals surface area contributed by atoms with Crippen LogP contribution < -0.4 is 0 Å². The number of rotatable bonds is 5. The van der Waals surface area contributed by atoms with Gasteiger partial charge in [-0.25, -0.2) is 0 Å². The van der Waals surface area contributed by atoms with E-state index in [9.17, 15) is 5.11 Å². The number of halogens is 1. The Morgan fingerprint density at radius 3 is 1.88 bits per heavy atom. The van der Waals surface area contributed by atoms with E-state index < -0.39 is 5.60 Å². The van der Waals surface area contributed by atoms with Crippen LogP contribution in [0.2, 0.25) is 0 Å². The first-order valence-electron chi connectivity index (χ1n) is 9.03. The zero-order valence-corrected chi connectivity index (χ0v) is 16.1. The molecule has 2 nitrogen and oxygen atoms in total. The monoisotopic (exact) mass is 359 g/mol. The molecular formula is C22H30ClNO. The smallest absolute Gasteiger partial charge is 0.0652 e. The maximum absolute atomic E-state index is 11.1. The van der Waals surface area contributed by atoms with E-state index in [1.54, 1.807) is 0 Å². The van der Waals surface area contributed by atoms with Gasteiger partial charge in [0, 0.05) is 5.54 Å². The predicted octanol–water partition coefficient (Wildman–Crippen LogP) is 4.80. The molecule has 3 heteroatoms. The molecule has 1 aliphatic carbocycles. The maximum Gasteiger partial charge on any atom is 0.0652 e. The zero-order valence-electron chi connectivity index (χ0n) is 15.3. The van der Waals surface area contributed by atoms with Crippen molar-refractivity contribution in [3.05, 3.63) is 71.8 Å². The summed E-state index contributed by atoms with van der Waals surface area (Å²) < 4.78 is 0. The topological polar surface area (TPSA) is 23.5 Å². The molecule has 0 heterocycles. The molecule has 1 N–H and O–H groups in total. The summed E-state index contributed by atoms with van der Waals surface area (Å²) in [6, 6.07) is 21.3. The van der Waals surface area contributed by atoms with Gasteiger partial charge in [0.2, 0.25) is 0 Å². The number of hydrogen-bond donors (Lipinski definition) is 1. The molecule has 1 aliphatic rings. The van der Waals surface area contributed by atoms with Crippen LogP contribution in [0.25, 0.3) is 0 Å². The van der Waals surface area contributed by atoms with E-state index in [1.165, 1.54) is 11.1 Å². The van der Waals surface area contributed by atoms with Gasteiger partial charge < -0.3 is 5.11 Å². The molecule has 0 atom stereocenters. The van der Waals surface area contributed by atoms with Gasteiger partial charge in [-0.05, 0) is 63.7 Å². The van der Waals surface area contributed by atoms with E-state index in [0.29, 0.717) is 0 Å². The van der Waals surface area contributed by atoms with Crippen LogP contribution in [0.3, 0.4) is 0 Å². The predicted molar refractivity (Wildman–Crippen MR) is 107 cm³/mol. The van der Waals surface area contributed by atoms with Gasteiger partial charge in [0.05, 0.1) is 5.60 Å². The van der Waals surface area contributed by atoms with Crippen LogP contribution >= 0.6 is 12.4 Å². The van der Waals surface area contributed by atoms with E-state index in [0.717, 1.165) is 38.5 Å². The van der Waals surface area contributed by atoms with E-state index in [4.69, 9.17) is 0 Å². The van der Waals surface area contributed by atoms with Crippen molar-refractivity contribution in [2.75, 3.05) is 14.1 Å². The van der Waals surface area contributed by atoms with E-state index in [-0.39, 0.29) is 17.9 Å². The molecule has 0 unspecified atom stereocenters. The Kier molecular flexibility index (Phi) is 6.67. The highest BCUT2D eigenvalue weighted by Crippen LogP contribution is 2.45. The zero-order chi connectivity index (χ0) is 17.0. The quantitative estimate of drug-likeness (QED) is 0.828. The highest BCUT2D eigenvalue weighted by molar-refractivity contribution is 5.85. The van der Waals surface area contributed by atoms with Crippen molar-refractivity contribution in [2.24, 2.45) is 0 Å². The molecular weight excluding hydrogens is 330 g/mol. The highest BCUT2D eigenvalue weighted by Gasteiger charge is 2.43. The van der Waals surface area contributed by atoms with Crippen LogP contribution in [-0.4, -0.2) is 29.7 Å². The third-order valence-electron chi connectivity index (χ3n) is 5.90. The van der Waals surface area contributed by atoms with Gasteiger partial charge in [-0.1, -0.05) is 60.7 Å². The Labute approximate surface area is 158 Å². The Balaban J connectivity index is 0.00000225. The Bertz CT molecular complexity index is 634. The normalized spacial score (nSPS) is 26.2. The minimum absolute atomic E-state index is 0. The van der Waals surface area contributed by atoms with Gasteiger partial charge in [0.15, 0.2) is 0 Å². The first-order chi connectivity index (χ1) is 11.5. The molecule has 136 valence electrons. The lowest BCUT2D eigenvalue weighted by molar-refractivity contribution is -0.0512. The van der Waals surface area contributed by atoms with Gasteiger partial charge >= 0.3 is 0 Å². The molecule has 0 aliphatic heterocycles. The van der Waals surface area contributed by atoms with Crippen LogP contribution in [0.4, 0.5) is 0 Å². The number of benzene rings is 2. The van der Waals surface area contributed by atoms with E-state index in [2.05, 4.69) is 73.6 Å². The largest absolute Gasteiger partial charge is 0.390 e. The number of aliphatic hydroxyl groups is 1. The molecule has 25 heavy (non-hydrogen) atoms. The van der Waals surface area contributed by atoms with Gasteiger partial charge in [-0.3, -0.25) is 4.90 Å². The second-order valence-corrected chi connectivity index (χ2v) is 7.50. The van der Waals surface area contributed by atoms with Crippen molar-refractivity contribution in [3.8, 4) is 0 Å². The van der Waals surface area contributed by atoms with E-state index in [1.807, 2.05) is 6.07 Å². The molecule has 1 saturated carbocycles. The van der Waals surface area contributed by atoms with Crippen molar-refractivity contribution in [3.63, 3.8) is 0 Å². The standard InChI is InChI=1S/C22H29NO.ClH/c1-23(2)22(20-11-7-4-8-12-20)17-15-21(24,16-18-22)14-13-19-9-5-3-6-10-19;/h3-12,24H,13-18H2,1-2H3;1H. The van der Waals surface area contributed by atoms with Crippen LogP contribution in [-0.2, 0) is 12.0 Å². The molecule has 0 radical (unpaired) electrons. The number of aryl methyl sites for hydroxylation is 1. The van der Waals surface area contributed by atoms with E-state index >= 15 is 0 Å². The van der Waals surface area contributed by atoms with Crippen molar-refractivity contribution in [1.82, 2.24) is 4.90 Å². The fourth-order valence-corrected chi connectivity index (χ4v) is 4.14. The molecule has 0 spiro atoms. The summed E-state index contributed by atoms with van der Waals surface area (Å²) in [6.45, 7) is 0. The summed E-state index contributed by atoms with van der Waals surface area (Å²) in [6.07, 6.45) is 5.57. The third-order valence-corrected chi connectivity index (χ3v) is 5.90. The summed E-state index contributed by atoms with van der Waals surface area (Å²) in [5.41, 5.74) is 2.23. The molecule has 2 aromatic rings.